The lowest BCUT2D eigenvalue weighted by Gasteiger charge is -2.11. The fourth-order valence-electron chi connectivity index (χ4n) is 2.36. The van der Waals surface area contributed by atoms with E-state index in [2.05, 4.69) is 43.1 Å². The van der Waals surface area contributed by atoms with Crippen LogP contribution in [0.1, 0.15) is 25.0 Å². The largest absolute Gasteiger partial charge is 0.297 e. The summed E-state index contributed by atoms with van der Waals surface area (Å²) in [7, 11) is 0. The van der Waals surface area contributed by atoms with Gasteiger partial charge in [0.05, 0.1) is 5.69 Å². The summed E-state index contributed by atoms with van der Waals surface area (Å²) >= 11 is 5.47. The molecular weight excluding hydrogens is 272 g/mol. The van der Waals surface area contributed by atoms with Crippen molar-refractivity contribution in [2.24, 2.45) is 5.92 Å². The first kappa shape index (κ1) is 9.85. The fourth-order valence-corrected chi connectivity index (χ4v) is 3.86. The molecule has 2 atom stereocenters. The molecule has 4 heteroatoms. The highest BCUT2D eigenvalue weighted by molar-refractivity contribution is 9.09. The van der Waals surface area contributed by atoms with Gasteiger partial charge in [-0.2, -0.15) is 0 Å². The first-order chi connectivity index (χ1) is 7.33. The zero-order chi connectivity index (χ0) is 10.3. The van der Waals surface area contributed by atoms with E-state index < -0.39 is 0 Å². The molecule has 0 N–H and O–H groups in total. The molecule has 0 aliphatic heterocycles. The van der Waals surface area contributed by atoms with Crippen LogP contribution in [-0.2, 0) is 6.42 Å². The van der Waals surface area contributed by atoms with Crippen LogP contribution in [0.4, 0.5) is 0 Å². The second kappa shape index (κ2) is 3.91. The maximum Gasteiger partial charge on any atom is 0.193 e. The van der Waals surface area contributed by atoms with Crippen LogP contribution >= 0.6 is 27.3 Å². The molecule has 0 saturated heterocycles. The van der Waals surface area contributed by atoms with Crippen molar-refractivity contribution in [2.75, 3.05) is 0 Å². The summed E-state index contributed by atoms with van der Waals surface area (Å²) in [6.07, 6.45) is 9.42. The minimum Gasteiger partial charge on any atom is -0.297 e. The third-order valence-corrected chi connectivity index (χ3v) is 5.16. The summed E-state index contributed by atoms with van der Waals surface area (Å²) in [6.45, 7) is 0. The molecule has 15 heavy (non-hydrogen) atoms. The highest BCUT2D eigenvalue weighted by Gasteiger charge is 2.25. The minimum atomic E-state index is 0.706. The van der Waals surface area contributed by atoms with Crippen molar-refractivity contribution < 1.29 is 0 Å². The Balaban J connectivity index is 1.80. The van der Waals surface area contributed by atoms with E-state index >= 15 is 0 Å². The molecule has 0 spiro atoms. The summed E-state index contributed by atoms with van der Waals surface area (Å²) in [5, 5.41) is 2.08. The van der Waals surface area contributed by atoms with Crippen LogP contribution < -0.4 is 0 Å². The predicted molar refractivity (Wildman–Crippen MR) is 66.8 cm³/mol. The number of alkyl halides is 1. The first-order valence-corrected chi connectivity index (χ1v) is 7.17. The van der Waals surface area contributed by atoms with Crippen LogP contribution in [0.15, 0.2) is 17.8 Å². The van der Waals surface area contributed by atoms with Crippen LogP contribution in [0.3, 0.4) is 0 Å². The lowest BCUT2D eigenvalue weighted by molar-refractivity contribution is 0.556. The molecule has 0 radical (unpaired) electrons. The van der Waals surface area contributed by atoms with E-state index in [0.29, 0.717) is 4.83 Å². The minimum absolute atomic E-state index is 0.706. The maximum absolute atomic E-state index is 4.63. The van der Waals surface area contributed by atoms with Gasteiger partial charge in [0.25, 0.3) is 0 Å². The molecule has 1 aliphatic rings. The molecule has 80 valence electrons. The van der Waals surface area contributed by atoms with Crippen molar-refractivity contribution in [3.63, 3.8) is 0 Å². The molecule has 2 aromatic rings. The number of halogens is 1. The van der Waals surface area contributed by atoms with Crippen LogP contribution in [0.5, 0.6) is 0 Å². The molecule has 0 bridgehead atoms. The number of thiazole rings is 1. The second-order valence-corrected chi connectivity index (χ2v) is 6.29. The average Bonchev–Trinajstić information content (AvgIpc) is 2.83. The van der Waals surface area contributed by atoms with Gasteiger partial charge in [-0.3, -0.25) is 4.40 Å². The van der Waals surface area contributed by atoms with E-state index in [1.807, 2.05) is 0 Å². The van der Waals surface area contributed by atoms with Gasteiger partial charge in [-0.15, -0.1) is 11.3 Å². The van der Waals surface area contributed by atoms with Crippen LogP contribution in [0, 0.1) is 5.92 Å². The van der Waals surface area contributed by atoms with E-state index in [4.69, 9.17) is 0 Å². The first-order valence-electron chi connectivity index (χ1n) is 5.38. The summed E-state index contributed by atoms with van der Waals surface area (Å²) in [5.74, 6) is 0.787. The van der Waals surface area contributed by atoms with Gasteiger partial charge in [-0.05, 0) is 25.2 Å². The van der Waals surface area contributed by atoms with Crippen molar-refractivity contribution in [3.05, 3.63) is 23.5 Å². The highest BCUT2D eigenvalue weighted by Crippen LogP contribution is 2.33. The number of hydrogen-bond donors (Lipinski definition) is 0. The van der Waals surface area contributed by atoms with Crippen LogP contribution in [-0.4, -0.2) is 14.2 Å². The number of hydrogen-bond acceptors (Lipinski definition) is 2. The quantitative estimate of drug-likeness (QED) is 0.772. The van der Waals surface area contributed by atoms with E-state index in [1.54, 1.807) is 11.3 Å². The molecular formula is C11H13BrN2S. The predicted octanol–water partition coefficient (Wildman–Crippen LogP) is 3.50. The lowest BCUT2D eigenvalue weighted by atomic mass is 10.0. The third-order valence-electron chi connectivity index (χ3n) is 3.18. The molecule has 3 rings (SSSR count). The Kier molecular flexibility index (Phi) is 2.56. The zero-order valence-electron chi connectivity index (χ0n) is 8.40. The highest BCUT2D eigenvalue weighted by atomic mass is 79.9. The number of nitrogens with zero attached hydrogens (tertiary/aromatic N) is 2. The number of fused-ring (bicyclic) bond motifs is 1. The normalized spacial score (nSPS) is 26.5. The van der Waals surface area contributed by atoms with Crippen LogP contribution in [0.25, 0.3) is 4.96 Å². The summed E-state index contributed by atoms with van der Waals surface area (Å²) < 4.78 is 2.12. The molecule has 2 unspecified atom stereocenters. The number of imidazole rings is 1. The van der Waals surface area contributed by atoms with Gasteiger partial charge >= 0.3 is 0 Å². The van der Waals surface area contributed by atoms with E-state index in [-0.39, 0.29) is 0 Å². The Morgan fingerprint density at radius 1 is 1.53 bits per heavy atom. The van der Waals surface area contributed by atoms with E-state index in [1.165, 1.54) is 25.0 Å². The number of rotatable bonds is 2. The molecule has 1 aliphatic carbocycles. The van der Waals surface area contributed by atoms with Crippen molar-refractivity contribution in [1.82, 2.24) is 9.38 Å². The average molecular weight is 285 g/mol. The van der Waals surface area contributed by atoms with E-state index in [0.717, 1.165) is 17.3 Å². The topological polar surface area (TPSA) is 17.3 Å². The van der Waals surface area contributed by atoms with Gasteiger partial charge in [0.1, 0.15) is 0 Å². The molecule has 0 amide bonds. The van der Waals surface area contributed by atoms with Gasteiger partial charge in [-0.25, -0.2) is 4.98 Å². The monoisotopic (exact) mass is 284 g/mol. The molecule has 1 saturated carbocycles. The van der Waals surface area contributed by atoms with Gasteiger partial charge in [-0.1, -0.05) is 22.4 Å². The molecule has 1 fully saturated rings. The van der Waals surface area contributed by atoms with Crippen LogP contribution in [0.2, 0.25) is 0 Å². The summed E-state index contributed by atoms with van der Waals surface area (Å²) in [5.41, 5.74) is 1.25. The number of aromatic nitrogens is 2. The summed E-state index contributed by atoms with van der Waals surface area (Å²) in [6, 6.07) is 0. The molecule has 2 heterocycles. The maximum atomic E-state index is 4.63. The molecule has 2 aromatic heterocycles. The lowest BCUT2D eigenvalue weighted by Crippen LogP contribution is -2.09. The Hall–Kier alpha value is -0.350. The Morgan fingerprint density at radius 2 is 2.47 bits per heavy atom. The summed E-state index contributed by atoms with van der Waals surface area (Å²) in [4.78, 5) is 6.46. The third kappa shape index (κ3) is 1.85. The van der Waals surface area contributed by atoms with Crippen molar-refractivity contribution >= 4 is 32.2 Å². The Bertz CT molecular complexity index is 433. The van der Waals surface area contributed by atoms with Gasteiger partial charge in [0.2, 0.25) is 0 Å². The van der Waals surface area contributed by atoms with E-state index in [9.17, 15) is 0 Å². The zero-order valence-corrected chi connectivity index (χ0v) is 10.8. The molecule has 2 nitrogen and oxygen atoms in total. The SMILES string of the molecule is BrC1CCCC1Cc1cn2ccsc2n1. The smallest absolute Gasteiger partial charge is 0.193 e. The second-order valence-electron chi connectivity index (χ2n) is 4.24. The van der Waals surface area contributed by atoms with Crippen molar-refractivity contribution in [3.8, 4) is 0 Å². The van der Waals surface area contributed by atoms with Gasteiger partial charge < -0.3 is 0 Å². The van der Waals surface area contributed by atoms with Gasteiger partial charge in [0, 0.05) is 22.6 Å². The fraction of sp³-hybridized carbons (Fsp3) is 0.545. The standard InChI is InChI=1S/C11H13BrN2S/c12-10-3-1-2-8(10)6-9-7-14-4-5-15-11(14)13-9/h4-5,7-8,10H,1-3,6H2. The Labute approximate surface area is 101 Å². The van der Waals surface area contributed by atoms with Crippen molar-refractivity contribution in [2.45, 2.75) is 30.5 Å². The van der Waals surface area contributed by atoms with Crippen molar-refractivity contribution in [1.29, 1.82) is 0 Å². The van der Waals surface area contributed by atoms with Gasteiger partial charge in [0.15, 0.2) is 4.96 Å². The molecule has 0 aromatic carbocycles. The Morgan fingerprint density at radius 3 is 3.20 bits per heavy atom.